The van der Waals surface area contributed by atoms with Crippen LogP contribution < -0.4 is 14.5 Å². The number of aliphatic imine (C=N–C) groups is 1. The quantitative estimate of drug-likeness (QED) is 0.673. The lowest BCUT2D eigenvalue weighted by atomic mass is 10.2. The Labute approximate surface area is 164 Å². The summed E-state index contributed by atoms with van der Waals surface area (Å²) in [7, 11) is 0. The van der Waals surface area contributed by atoms with E-state index in [1.165, 1.54) is 18.5 Å². The smallest absolute Gasteiger partial charge is 0.198 e. The Hall–Kier alpha value is -3.34. The Morgan fingerprint density at radius 1 is 0.929 bits per heavy atom. The topological polar surface area (TPSA) is 41.0 Å². The summed E-state index contributed by atoms with van der Waals surface area (Å²) in [5.74, 6) is 0.789. The highest BCUT2D eigenvalue weighted by atomic mass is 16.5. The van der Waals surface area contributed by atoms with Crippen molar-refractivity contribution in [2.24, 2.45) is 4.99 Å². The van der Waals surface area contributed by atoms with E-state index in [0.717, 1.165) is 35.4 Å². The van der Waals surface area contributed by atoms with Gasteiger partial charge in [0, 0.05) is 48.3 Å². The first kappa shape index (κ1) is 16.8. The van der Waals surface area contributed by atoms with E-state index in [9.17, 15) is 0 Å². The van der Waals surface area contributed by atoms with Gasteiger partial charge in [-0.1, -0.05) is 12.1 Å². The van der Waals surface area contributed by atoms with Gasteiger partial charge in [0.15, 0.2) is 6.23 Å². The zero-order valence-electron chi connectivity index (χ0n) is 15.6. The SMILES string of the molecule is C1=CC(Oc2ccc3cccnc3c2)N(c2cccc(N3CCCC3)c2)C=N1. The van der Waals surface area contributed by atoms with Crippen molar-refractivity contribution in [3.63, 3.8) is 0 Å². The standard InChI is InChI=1S/C23H22N4O/c1-2-14-26(13-1)19-6-3-7-20(15-19)27-17-24-12-10-23(27)28-21-9-8-18-5-4-11-25-22(18)16-21/h3-12,15-17,23H,1-2,13-14H2. The van der Waals surface area contributed by atoms with Crippen LogP contribution in [0.5, 0.6) is 5.75 Å². The van der Waals surface area contributed by atoms with Gasteiger partial charge in [0.05, 0.1) is 11.9 Å². The fraction of sp³-hybridized carbons (Fsp3) is 0.217. The summed E-state index contributed by atoms with van der Waals surface area (Å²) >= 11 is 0. The number of hydrogen-bond acceptors (Lipinski definition) is 5. The molecular formula is C23H22N4O. The fourth-order valence-corrected chi connectivity index (χ4v) is 3.79. The van der Waals surface area contributed by atoms with Gasteiger partial charge in [-0.25, -0.2) is 4.99 Å². The molecule has 0 radical (unpaired) electrons. The molecular weight excluding hydrogens is 348 g/mol. The molecule has 5 rings (SSSR count). The molecule has 2 aliphatic heterocycles. The largest absolute Gasteiger partial charge is 0.466 e. The Morgan fingerprint density at radius 2 is 1.82 bits per heavy atom. The third kappa shape index (κ3) is 3.31. The first-order valence-electron chi connectivity index (χ1n) is 9.72. The van der Waals surface area contributed by atoms with Crippen molar-refractivity contribution < 1.29 is 4.74 Å². The normalized spacial score (nSPS) is 18.8. The number of rotatable bonds is 4. The van der Waals surface area contributed by atoms with Crippen LogP contribution >= 0.6 is 0 Å². The van der Waals surface area contributed by atoms with E-state index < -0.39 is 0 Å². The molecule has 0 spiro atoms. The molecule has 3 heterocycles. The minimum absolute atomic E-state index is 0.257. The lowest BCUT2D eigenvalue weighted by molar-refractivity contribution is 0.258. The molecule has 5 heteroatoms. The van der Waals surface area contributed by atoms with E-state index in [1.807, 2.05) is 36.7 Å². The second-order valence-corrected chi connectivity index (χ2v) is 7.09. The molecule has 5 nitrogen and oxygen atoms in total. The minimum Gasteiger partial charge on any atom is -0.466 e. The van der Waals surface area contributed by atoms with Crippen molar-refractivity contribution in [1.29, 1.82) is 0 Å². The molecule has 0 amide bonds. The van der Waals surface area contributed by atoms with Gasteiger partial charge in [-0.05, 0) is 55.3 Å². The van der Waals surface area contributed by atoms with Gasteiger partial charge < -0.3 is 9.64 Å². The molecule has 0 saturated carbocycles. The molecule has 1 fully saturated rings. The molecule has 2 aliphatic rings. The monoisotopic (exact) mass is 370 g/mol. The summed E-state index contributed by atoms with van der Waals surface area (Å²) in [5.41, 5.74) is 3.25. The maximum Gasteiger partial charge on any atom is 0.198 e. The van der Waals surface area contributed by atoms with E-state index in [0.29, 0.717) is 0 Å². The number of nitrogens with zero attached hydrogens (tertiary/aromatic N) is 4. The second kappa shape index (κ2) is 7.35. The number of hydrogen-bond donors (Lipinski definition) is 0. The first-order valence-corrected chi connectivity index (χ1v) is 9.72. The van der Waals surface area contributed by atoms with E-state index >= 15 is 0 Å². The molecule has 28 heavy (non-hydrogen) atoms. The number of aromatic nitrogens is 1. The summed E-state index contributed by atoms with van der Waals surface area (Å²) in [6.07, 6.45) is 9.64. The van der Waals surface area contributed by atoms with Crippen molar-refractivity contribution in [2.45, 2.75) is 19.1 Å². The molecule has 3 aromatic rings. The van der Waals surface area contributed by atoms with Crippen molar-refractivity contribution in [3.8, 4) is 5.75 Å². The lowest BCUT2D eigenvalue weighted by Gasteiger charge is -2.30. The van der Waals surface area contributed by atoms with Crippen molar-refractivity contribution in [1.82, 2.24) is 4.98 Å². The van der Waals surface area contributed by atoms with Crippen LogP contribution in [0, 0.1) is 0 Å². The van der Waals surface area contributed by atoms with Crippen LogP contribution in [0.3, 0.4) is 0 Å². The summed E-state index contributed by atoms with van der Waals surface area (Å²) in [6.45, 7) is 2.25. The van der Waals surface area contributed by atoms with Gasteiger partial charge in [0.1, 0.15) is 5.75 Å². The molecule has 0 N–H and O–H groups in total. The van der Waals surface area contributed by atoms with Gasteiger partial charge >= 0.3 is 0 Å². The van der Waals surface area contributed by atoms with Gasteiger partial charge in [-0.3, -0.25) is 9.88 Å². The van der Waals surface area contributed by atoms with E-state index in [1.54, 1.807) is 12.4 Å². The Balaban J connectivity index is 1.41. The van der Waals surface area contributed by atoms with Crippen molar-refractivity contribution >= 4 is 28.6 Å². The van der Waals surface area contributed by atoms with Crippen LogP contribution in [0.4, 0.5) is 11.4 Å². The van der Waals surface area contributed by atoms with Crippen LogP contribution in [0.25, 0.3) is 10.9 Å². The first-order chi connectivity index (χ1) is 13.9. The van der Waals surface area contributed by atoms with Crippen molar-refractivity contribution in [3.05, 3.63) is 73.1 Å². The van der Waals surface area contributed by atoms with Gasteiger partial charge in [-0.2, -0.15) is 0 Å². The van der Waals surface area contributed by atoms with E-state index in [2.05, 4.69) is 50.1 Å². The van der Waals surface area contributed by atoms with Crippen LogP contribution in [0.2, 0.25) is 0 Å². The summed E-state index contributed by atoms with van der Waals surface area (Å²) in [4.78, 5) is 13.2. The Morgan fingerprint density at radius 3 is 2.75 bits per heavy atom. The number of anilines is 2. The molecule has 1 atom stereocenters. The molecule has 1 saturated heterocycles. The summed E-state index contributed by atoms with van der Waals surface area (Å²) in [6, 6.07) is 18.6. The maximum absolute atomic E-state index is 6.29. The second-order valence-electron chi connectivity index (χ2n) is 7.09. The molecule has 0 bridgehead atoms. The predicted molar refractivity (Wildman–Crippen MR) is 114 cm³/mol. The minimum atomic E-state index is -0.257. The van der Waals surface area contributed by atoms with Crippen LogP contribution in [-0.4, -0.2) is 30.6 Å². The maximum atomic E-state index is 6.29. The molecule has 2 aromatic carbocycles. The Bertz CT molecular complexity index is 1040. The molecule has 1 unspecified atom stereocenters. The molecule has 140 valence electrons. The van der Waals surface area contributed by atoms with Gasteiger partial charge in [0.2, 0.25) is 0 Å². The molecule has 0 aliphatic carbocycles. The summed E-state index contributed by atoms with van der Waals surface area (Å²) in [5, 5.41) is 1.10. The van der Waals surface area contributed by atoms with E-state index in [-0.39, 0.29) is 6.23 Å². The number of ether oxygens (including phenoxy) is 1. The third-order valence-electron chi connectivity index (χ3n) is 5.24. The number of fused-ring (bicyclic) bond motifs is 1. The van der Waals surface area contributed by atoms with Crippen molar-refractivity contribution in [2.75, 3.05) is 22.9 Å². The highest BCUT2D eigenvalue weighted by Gasteiger charge is 2.21. The third-order valence-corrected chi connectivity index (χ3v) is 5.24. The Kier molecular flexibility index (Phi) is 4.41. The highest BCUT2D eigenvalue weighted by molar-refractivity contribution is 5.83. The highest BCUT2D eigenvalue weighted by Crippen LogP contribution is 2.28. The zero-order chi connectivity index (χ0) is 18.8. The summed E-state index contributed by atoms with van der Waals surface area (Å²) < 4.78 is 6.29. The van der Waals surface area contributed by atoms with Gasteiger partial charge in [0.25, 0.3) is 0 Å². The number of benzene rings is 2. The molecule has 1 aromatic heterocycles. The fourth-order valence-electron chi connectivity index (χ4n) is 3.79. The average Bonchev–Trinajstić information content (AvgIpc) is 3.29. The van der Waals surface area contributed by atoms with Gasteiger partial charge in [-0.15, -0.1) is 0 Å². The zero-order valence-corrected chi connectivity index (χ0v) is 15.6. The lowest BCUT2D eigenvalue weighted by Crippen LogP contribution is -2.38. The predicted octanol–water partition coefficient (Wildman–Crippen LogP) is 4.60. The van der Waals surface area contributed by atoms with Crippen LogP contribution in [0.1, 0.15) is 12.8 Å². The average molecular weight is 370 g/mol. The number of pyridine rings is 1. The van der Waals surface area contributed by atoms with E-state index in [4.69, 9.17) is 4.74 Å². The van der Waals surface area contributed by atoms with Crippen LogP contribution in [-0.2, 0) is 0 Å². The van der Waals surface area contributed by atoms with Crippen LogP contribution in [0.15, 0.2) is 78.1 Å².